The fraction of sp³-hybridized carbons (Fsp3) is 0.577. The molecule has 0 aromatic heterocycles. The number of amides is 2. The van der Waals surface area contributed by atoms with Gasteiger partial charge in [0.05, 0.1) is 11.6 Å². The third kappa shape index (κ3) is 3.76. The van der Waals surface area contributed by atoms with Gasteiger partial charge in [0.1, 0.15) is 10.9 Å². The number of nitrogens with zero attached hydrogens (tertiary/aromatic N) is 4. The van der Waals surface area contributed by atoms with Crippen LogP contribution in [0.1, 0.15) is 64.0 Å². The highest BCUT2D eigenvalue weighted by Crippen LogP contribution is 2.57. The number of carbonyl (C=O) groups excluding carboxylic acids is 2. The number of likely N-dealkylation sites (N-methyl/N-ethyl adjacent to an activating group) is 1. The van der Waals surface area contributed by atoms with Crippen molar-refractivity contribution in [2.45, 2.75) is 70.0 Å². The lowest BCUT2D eigenvalue weighted by Gasteiger charge is -2.37. The van der Waals surface area contributed by atoms with Crippen molar-refractivity contribution in [3.8, 4) is 0 Å². The second-order valence-corrected chi connectivity index (χ2v) is 11.8. The number of allylic oxidation sites excluding steroid dienone is 1. The lowest BCUT2D eigenvalue weighted by molar-refractivity contribution is -0.140. The Kier molecular flexibility index (Phi) is 6.22. The Bertz CT molecular complexity index is 1060. The maximum atomic E-state index is 13.9. The van der Waals surface area contributed by atoms with E-state index >= 15 is 0 Å². The Labute approximate surface area is 211 Å². The van der Waals surface area contributed by atoms with E-state index < -0.39 is 0 Å². The van der Waals surface area contributed by atoms with Crippen molar-refractivity contribution in [2.75, 3.05) is 20.6 Å². The van der Waals surface area contributed by atoms with Gasteiger partial charge in [-0.3, -0.25) is 14.6 Å². The minimum Gasteiger partial charge on any atom is -0.347 e. The van der Waals surface area contributed by atoms with E-state index in [0.29, 0.717) is 6.54 Å². The molecule has 6 nitrogen and oxygen atoms in total. The average molecular weight is 501 g/mol. The Hall–Kier alpha value is -1.99. The van der Waals surface area contributed by atoms with Crippen LogP contribution in [-0.4, -0.2) is 63.9 Å². The van der Waals surface area contributed by atoms with E-state index in [0.717, 1.165) is 46.5 Å². The number of hydrogen-bond donors (Lipinski definition) is 0. The first kappa shape index (κ1) is 23.7. The number of hydrogen-bond acceptors (Lipinski definition) is 5. The molecule has 2 amide bonds. The number of thioether (sulfide) groups is 1. The van der Waals surface area contributed by atoms with Crippen LogP contribution in [-0.2, 0) is 9.59 Å². The second kappa shape index (κ2) is 8.90. The minimum absolute atomic E-state index is 0.00216. The molecular weight excluding hydrogens is 468 g/mol. The van der Waals surface area contributed by atoms with Gasteiger partial charge in [0.2, 0.25) is 5.91 Å². The molecule has 1 saturated carbocycles. The van der Waals surface area contributed by atoms with Crippen LogP contribution in [0.15, 0.2) is 39.9 Å². The van der Waals surface area contributed by atoms with Crippen LogP contribution in [0.25, 0.3) is 0 Å². The van der Waals surface area contributed by atoms with Crippen molar-refractivity contribution in [3.05, 3.63) is 45.5 Å². The summed E-state index contributed by atoms with van der Waals surface area (Å²) in [5, 5.41) is 1.66. The SMILES string of the molecule is CC(C)C1=C(C(=O)N2CCC[C@H]2C(=O)N(C)C)SC2=NC3(CCCC3)C(c3ccc(Cl)cc3)N21. The molecule has 0 N–H and O–H groups in total. The maximum Gasteiger partial charge on any atom is 0.263 e. The topological polar surface area (TPSA) is 56.2 Å². The monoisotopic (exact) mass is 500 g/mol. The number of likely N-dealkylation sites (tertiary alicyclic amines) is 1. The van der Waals surface area contributed by atoms with Gasteiger partial charge in [0.15, 0.2) is 5.17 Å². The van der Waals surface area contributed by atoms with Crippen LogP contribution in [0.5, 0.6) is 0 Å². The molecule has 8 heteroatoms. The Morgan fingerprint density at radius 3 is 2.44 bits per heavy atom. The van der Waals surface area contributed by atoms with Crippen molar-refractivity contribution in [3.63, 3.8) is 0 Å². The van der Waals surface area contributed by atoms with E-state index in [1.54, 1.807) is 23.9 Å². The van der Waals surface area contributed by atoms with Gasteiger partial charge in [0.25, 0.3) is 5.91 Å². The molecule has 2 atom stereocenters. The van der Waals surface area contributed by atoms with Crippen LogP contribution < -0.4 is 0 Å². The van der Waals surface area contributed by atoms with Crippen molar-refractivity contribution < 1.29 is 9.59 Å². The quantitative estimate of drug-likeness (QED) is 0.580. The normalized spacial score (nSPS) is 25.5. The van der Waals surface area contributed by atoms with E-state index in [9.17, 15) is 9.59 Å². The molecular formula is C26H33ClN4O2S. The van der Waals surface area contributed by atoms with Crippen molar-refractivity contribution in [1.29, 1.82) is 0 Å². The summed E-state index contributed by atoms with van der Waals surface area (Å²) in [6.07, 6.45) is 6.04. The van der Waals surface area contributed by atoms with Gasteiger partial charge in [-0.2, -0.15) is 0 Å². The molecule has 0 radical (unpaired) electrons. The molecule has 1 aliphatic carbocycles. The first-order chi connectivity index (χ1) is 16.2. The predicted molar refractivity (Wildman–Crippen MR) is 138 cm³/mol. The van der Waals surface area contributed by atoms with Crippen LogP contribution in [0.3, 0.4) is 0 Å². The van der Waals surface area contributed by atoms with Gasteiger partial charge < -0.3 is 14.7 Å². The highest BCUT2D eigenvalue weighted by molar-refractivity contribution is 8.18. The Balaban J connectivity index is 1.55. The van der Waals surface area contributed by atoms with E-state index in [2.05, 4.69) is 30.9 Å². The average Bonchev–Trinajstić information content (AvgIpc) is 3.57. The number of amidine groups is 1. The van der Waals surface area contributed by atoms with Crippen LogP contribution in [0, 0.1) is 5.92 Å². The molecule has 4 aliphatic rings. The Morgan fingerprint density at radius 1 is 1.15 bits per heavy atom. The number of rotatable bonds is 4. The number of benzene rings is 1. The first-order valence-electron chi connectivity index (χ1n) is 12.3. The van der Waals surface area contributed by atoms with E-state index in [1.807, 2.05) is 12.1 Å². The van der Waals surface area contributed by atoms with Crippen LogP contribution in [0.4, 0.5) is 0 Å². The molecule has 2 fully saturated rings. The third-order valence-corrected chi connectivity index (χ3v) is 8.92. The number of halogens is 1. The molecule has 182 valence electrons. The first-order valence-corrected chi connectivity index (χ1v) is 13.5. The standard InChI is InChI=1S/C26H33ClN4O2S/c1-16(2)20-21(24(33)30-15-7-8-19(30)23(32)29(3)4)34-25-28-26(13-5-6-14-26)22(31(20)25)17-9-11-18(27)12-10-17/h9-12,16,19,22H,5-8,13-15H2,1-4H3/t19-,22?/m0/s1. The molecule has 3 aliphatic heterocycles. The van der Waals surface area contributed by atoms with Crippen molar-refractivity contribution in [1.82, 2.24) is 14.7 Å². The van der Waals surface area contributed by atoms with E-state index in [1.165, 1.54) is 30.2 Å². The predicted octanol–water partition coefficient (Wildman–Crippen LogP) is 5.06. The summed E-state index contributed by atoms with van der Waals surface area (Å²) in [5.41, 5.74) is 2.09. The zero-order chi connectivity index (χ0) is 24.2. The smallest absolute Gasteiger partial charge is 0.263 e. The summed E-state index contributed by atoms with van der Waals surface area (Å²) >= 11 is 7.73. The van der Waals surface area contributed by atoms with E-state index in [-0.39, 0.29) is 35.4 Å². The highest BCUT2D eigenvalue weighted by Gasteiger charge is 2.55. The number of carbonyl (C=O) groups is 2. The summed E-state index contributed by atoms with van der Waals surface area (Å²) < 4.78 is 0. The summed E-state index contributed by atoms with van der Waals surface area (Å²) in [6, 6.07) is 7.81. The van der Waals surface area contributed by atoms with Gasteiger partial charge >= 0.3 is 0 Å². The second-order valence-electron chi connectivity index (χ2n) is 10.4. The largest absolute Gasteiger partial charge is 0.347 e. The lowest BCUT2D eigenvalue weighted by Crippen LogP contribution is -2.46. The van der Waals surface area contributed by atoms with Crippen molar-refractivity contribution in [2.24, 2.45) is 10.9 Å². The molecule has 0 bridgehead atoms. The molecule has 1 spiro atoms. The molecule has 1 aromatic carbocycles. The molecule has 1 aromatic rings. The van der Waals surface area contributed by atoms with Crippen molar-refractivity contribution >= 4 is 40.3 Å². The highest BCUT2D eigenvalue weighted by atomic mass is 35.5. The van der Waals surface area contributed by atoms with Gasteiger partial charge in [0, 0.05) is 31.4 Å². The number of aliphatic imine (C=N–C) groups is 1. The fourth-order valence-corrected chi connectivity index (χ4v) is 7.57. The molecule has 34 heavy (non-hydrogen) atoms. The van der Waals surface area contributed by atoms with Crippen LogP contribution >= 0.6 is 23.4 Å². The summed E-state index contributed by atoms with van der Waals surface area (Å²) in [6.45, 7) is 4.92. The zero-order valence-electron chi connectivity index (χ0n) is 20.4. The van der Waals surface area contributed by atoms with Gasteiger partial charge in [-0.1, -0.05) is 50.4 Å². The summed E-state index contributed by atoms with van der Waals surface area (Å²) in [5.74, 6) is 0.122. The molecule has 3 heterocycles. The third-order valence-electron chi connectivity index (χ3n) is 7.61. The maximum absolute atomic E-state index is 13.9. The van der Waals surface area contributed by atoms with Gasteiger partial charge in [-0.15, -0.1) is 0 Å². The van der Waals surface area contributed by atoms with E-state index in [4.69, 9.17) is 16.6 Å². The number of fused-ring (bicyclic) bond motifs is 1. The lowest BCUT2D eigenvalue weighted by atomic mass is 9.83. The fourth-order valence-electron chi connectivity index (χ4n) is 6.09. The van der Waals surface area contributed by atoms with Gasteiger partial charge in [-0.25, -0.2) is 0 Å². The molecule has 5 rings (SSSR count). The summed E-state index contributed by atoms with van der Waals surface area (Å²) in [7, 11) is 3.52. The molecule has 1 unspecified atom stereocenters. The Morgan fingerprint density at radius 2 is 1.82 bits per heavy atom. The summed E-state index contributed by atoms with van der Waals surface area (Å²) in [4.78, 5) is 38.5. The van der Waals surface area contributed by atoms with Gasteiger partial charge in [-0.05, 0) is 61.1 Å². The molecule has 1 saturated heterocycles. The zero-order valence-corrected chi connectivity index (χ0v) is 22.0. The minimum atomic E-state index is -0.380. The van der Waals surface area contributed by atoms with Crippen LogP contribution in [0.2, 0.25) is 5.02 Å².